The Morgan fingerprint density at radius 2 is 1.50 bits per heavy atom. The minimum absolute atomic E-state index is 0.102. The molecule has 0 aliphatic rings. The van der Waals surface area contributed by atoms with Crippen LogP contribution in [0.2, 0.25) is 11.6 Å². The van der Waals surface area contributed by atoms with E-state index in [1.165, 1.54) is 0 Å². The second kappa shape index (κ2) is 9.77. The molecule has 0 radical (unpaired) electrons. The maximum atomic E-state index is 10.4. The molecule has 0 bridgehead atoms. The van der Waals surface area contributed by atoms with Gasteiger partial charge in [0.05, 0.1) is 0 Å². The second-order valence-corrected chi connectivity index (χ2v) is 11.4. The third-order valence-corrected chi connectivity index (χ3v) is 10.4. The van der Waals surface area contributed by atoms with Gasteiger partial charge in [-0.2, -0.15) is 0 Å². The molecule has 0 amide bonds. The summed E-state index contributed by atoms with van der Waals surface area (Å²) >= 11 is 0. The lowest BCUT2D eigenvalue weighted by molar-refractivity contribution is -0.107. The van der Waals surface area contributed by atoms with Crippen LogP contribution in [-0.4, -0.2) is 52.3 Å². The van der Waals surface area contributed by atoms with Crippen LogP contribution in [0, 0.1) is 0 Å². The van der Waals surface area contributed by atoms with Crippen molar-refractivity contribution in [2.24, 2.45) is 0 Å². The van der Waals surface area contributed by atoms with Crippen molar-refractivity contribution in [3.05, 3.63) is 0 Å². The summed E-state index contributed by atoms with van der Waals surface area (Å²) in [5.41, 5.74) is 0.102. The molecular weight excluding hydrogens is 296 g/mol. The van der Waals surface area contributed by atoms with Gasteiger partial charge in [-0.15, -0.1) is 0 Å². The van der Waals surface area contributed by atoms with E-state index >= 15 is 0 Å². The van der Waals surface area contributed by atoms with Gasteiger partial charge in [-0.1, -0.05) is 13.8 Å². The number of carbonyl (C=O) groups is 1. The molecule has 120 valence electrons. The van der Waals surface area contributed by atoms with E-state index < -0.39 is 17.6 Å². The zero-order valence-corrected chi connectivity index (χ0v) is 15.4. The fourth-order valence-corrected chi connectivity index (χ4v) is 8.75. The smallest absolute Gasteiger partial charge is 0.377 e. The minimum Gasteiger partial charge on any atom is -0.377 e. The van der Waals surface area contributed by atoms with Gasteiger partial charge in [0.1, 0.15) is 6.29 Å². The summed E-state index contributed by atoms with van der Waals surface area (Å²) in [5.74, 6) is 0. The molecule has 0 aliphatic carbocycles. The number of hydrogen-bond donors (Lipinski definition) is 0. The summed E-state index contributed by atoms with van der Waals surface area (Å²) in [6.07, 6.45) is 3.06. The van der Waals surface area contributed by atoms with Crippen LogP contribution in [0.4, 0.5) is 0 Å². The summed E-state index contributed by atoms with van der Waals surface area (Å²) in [6.45, 7) is 3.99. The van der Waals surface area contributed by atoms with E-state index in [-0.39, 0.29) is 5.54 Å². The number of hydrogen-bond acceptors (Lipinski definition) is 6. The first kappa shape index (κ1) is 19.9. The molecule has 20 heavy (non-hydrogen) atoms. The standard InChI is InChI=1S/C12H28O6Si2/c1-12(2)20(16-5,17-6)18-19(14-3,15-4)11-9-7-8-10-13/h10,12H,7-9,11H2,1-6H3. The zero-order valence-electron chi connectivity index (χ0n) is 13.4. The third kappa shape index (κ3) is 5.36. The van der Waals surface area contributed by atoms with Gasteiger partial charge >= 0.3 is 17.6 Å². The van der Waals surface area contributed by atoms with Crippen molar-refractivity contribution in [1.29, 1.82) is 0 Å². The molecule has 0 spiro atoms. The van der Waals surface area contributed by atoms with Crippen LogP contribution < -0.4 is 0 Å². The van der Waals surface area contributed by atoms with Crippen molar-refractivity contribution in [3.8, 4) is 0 Å². The first-order chi connectivity index (χ1) is 9.45. The summed E-state index contributed by atoms with van der Waals surface area (Å²) in [6, 6.07) is 0.641. The Morgan fingerprint density at radius 3 is 1.85 bits per heavy atom. The molecule has 0 aromatic rings. The predicted molar refractivity (Wildman–Crippen MR) is 80.4 cm³/mol. The van der Waals surface area contributed by atoms with Crippen molar-refractivity contribution >= 4 is 23.9 Å². The van der Waals surface area contributed by atoms with E-state index in [1.807, 2.05) is 13.8 Å². The molecule has 0 saturated heterocycles. The molecule has 0 aliphatic heterocycles. The van der Waals surface area contributed by atoms with Gasteiger partial charge in [0.2, 0.25) is 0 Å². The van der Waals surface area contributed by atoms with E-state index in [4.69, 9.17) is 21.8 Å². The molecule has 8 heteroatoms. The number of unbranched alkanes of at least 4 members (excludes halogenated alkanes) is 2. The predicted octanol–water partition coefficient (Wildman–Crippen LogP) is 2.25. The minimum atomic E-state index is -2.84. The molecule has 0 heterocycles. The zero-order chi connectivity index (χ0) is 15.6. The van der Waals surface area contributed by atoms with Crippen molar-refractivity contribution < 1.29 is 26.6 Å². The Labute approximate surface area is 124 Å². The number of carbonyl (C=O) groups excluding carboxylic acids is 1. The summed E-state index contributed by atoms with van der Waals surface area (Å²) in [4.78, 5) is 10.4. The first-order valence-corrected chi connectivity index (χ1v) is 10.5. The topological polar surface area (TPSA) is 63.2 Å². The molecule has 0 rings (SSSR count). The van der Waals surface area contributed by atoms with Gasteiger partial charge < -0.3 is 26.6 Å². The monoisotopic (exact) mass is 324 g/mol. The van der Waals surface area contributed by atoms with Crippen LogP contribution >= 0.6 is 0 Å². The highest BCUT2D eigenvalue weighted by atomic mass is 28.5. The lowest BCUT2D eigenvalue weighted by Crippen LogP contribution is -2.58. The van der Waals surface area contributed by atoms with Crippen molar-refractivity contribution in [2.45, 2.75) is 44.7 Å². The van der Waals surface area contributed by atoms with Crippen molar-refractivity contribution in [2.75, 3.05) is 28.4 Å². The number of rotatable bonds is 12. The summed E-state index contributed by atoms with van der Waals surface area (Å²) in [5, 5.41) is 0. The van der Waals surface area contributed by atoms with E-state index in [9.17, 15) is 4.79 Å². The largest absolute Gasteiger partial charge is 0.495 e. The van der Waals surface area contributed by atoms with Crippen LogP contribution in [-0.2, 0) is 26.6 Å². The Kier molecular flexibility index (Phi) is 9.72. The molecule has 0 aromatic carbocycles. The molecule has 0 atom stereocenters. The maximum absolute atomic E-state index is 10.4. The summed E-state index contributed by atoms with van der Waals surface area (Å²) in [7, 11) is 0.685. The van der Waals surface area contributed by atoms with Crippen LogP contribution in [0.5, 0.6) is 0 Å². The van der Waals surface area contributed by atoms with Crippen LogP contribution in [0.15, 0.2) is 0 Å². The van der Waals surface area contributed by atoms with Gasteiger partial charge in [-0.25, -0.2) is 0 Å². The fraction of sp³-hybridized carbons (Fsp3) is 0.917. The van der Waals surface area contributed by atoms with E-state index in [0.29, 0.717) is 12.5 Å². The van der Waals surface area contributed by atoms with E-state index in [2.05, 4.69) is 0 Å². The van der Waals surface area contributed by atoms with Crippen molar-refractivity contribution in [3.63, 3.8) is 0 Å². The molecule has 0 saturated carbocycles. The molecule has 0 unspecified atom stereocenters. The highest BCUT2D eigenvalue weighted by Gasteiger charge is 2.53. The Bertz CT molecular complexity index is 267. The number of aldehydes is 1. The third-order valence-electron chi connectivity index (χ3n) is 3.25. The SMILES string of the molecule is CO[Si](CCCCC=O)(OC)O[Si](OC)(OC)C(C)C. The Balaban J connectivity index is 4.91. The highest BCUT2D eigenvalue weighted by molar-refractivity contribution is 6.75. The van der Waals surface area contributed by atoms with Crippen LogP contribution in [0.3, 0.4) is 0 Å². The average molecular weight is 325 g/mol. The van der Waals surface area contributed by atoms with Crippen molar-refractivity contribution in [1.82, 2.24) is 0 Å². The first-order valence-electron chi connectivity index (χ1n) is 6.80. The Hall–Kier alpha value is -0.0962. The molecule has 6 nitrogen and oxygen atoms in total. The van der Waals surface area contributed by atoms with Gasteiger partial charge in [0, 0.05) is 46.4 Å². The summed E-state index contributed by atoms with van der Waals surface area (Å²) < 4.78 is 28.4. The van der Waals surface area contributed by atoms with Gasteiger partial charge in [0.15, 0.2) is 0 Å². The van der Waals surface area contributed by atoms with E-state index in [0.717, 1.165) is 19.1 Å². The molecular formula is C12H28O6Si2. The van der Waals surface area contributed by atoms with Crippen LogP contribution in [0.1, 0.15) is 33.1 Å². The quantitative estimate of drug-likeness (QED) is 0.312. The second-order valence-electron chi connectivity index (χ2n) is 4.77. The maximum Gasteiger partial charge on any atom is 0.495 e. The Morgan fingerprint density at radius 1 is 0.950 bits per heavy atom. The normalized spacial score (nSPS) is 12.9. The van der Waals surface area contributed by atoms with Crippen LogP contribution in [0.25, 0.3) is 0 Å². The molecule has 0 N–H and O–H groups in total. The fourth-order valence-electron chi connectivity index (χ4n) is 1.96. The van der Waals surface area contributed by atoms with E-state index in [1.54, 1.807) is 28.4 Å². The lowest BCUT2D eigenvalue weighted by atomic mass is 10.3. The molecule has 0 aromatic heterocycles. The lowest BCUT2D eigenvalue weighted by Gasteiger charge is -2.37. The molecule has 0 fully saturated rings. The van der Waals surface area contributed by atoms with Gasteiger partial charge in [0.25, 0.3) is 0 Å². The van der Waals surface area contributed by atoms with Gasteiger partial charge in [-0.05, 0) is 12.8 Å². The average Bonchev–Trinajstić information content (AvgIpc) is 2.47. The van der Waals surface area contributed by atoms with Gasteiger partial charge in [-0.3, -0.25) is 0 Å². The highest BCUT2D eigenvalue weighted by Crippen LogP contribution is 2.30.